The number of hydrogen-bond donors (Lipinski definition) is 2. The number of aromatic amines is 2. The van der Waals surface area contributed by atoms with E-state index in [0.717, 1.165) is 51.3 Å². The molecular formula is C33H28CuN4Si. The predicted octanol–water partition coefficient (Wildman–Crippen LogP) is 6.46. The third kappa shape index (κ3) is 5.64. The predicted molar refractivity (Wildman–Crippen MR) is 165 cm³/mol. The summed E-state index contributed by atoms with van der Waals surface area (Å²) in [5.41, 5.74) is 13.6. The molecule has 0 spiro atoms. The van der Waals surface area contributed by atoms with E-state index in [2.05, 4.69) is 92.7 Å². The largest absolute Gasteiger partial charge is 0.355 e. The molecule has 6 heteroatoms. The van der Waals surface area contributed by atoms with Gasteiger partial charge in [-0.05, 0) is 112 Å². The molecule has 0 fully saturated rings. The molecule has 2 aromatic carbocycles. The first-order valence-corrected chi connectivity index (χ1v) is 12.5. The number of nitrogens with one attached hydrogen (secondary N) is 2. The van der Waals surface area contributed by atoms with Crippen LogP contribution in [-0.4, -0.2) is 30.9 Å². The van der Waals surface area contributed by atoms with Crippen LogP contribution < -0.4 is 0 Å². The molecule has 1 radical (unpaired) electrons. The van der Waals surface area contributed by atoms with Crippen molar-refractivity contribution in [2.75, 3.05) is 0 Å². The fraction of sp³-hybridized carbons (Fsp3) is 0.0303. The molecule has 195 valence electrons. The summed E-state index contributed by atoms with van der Waals surface area (Å²) in [6, 6.07) is 33.7. The minimum absolute atomic E-state index is 0. The van der Waals surface area contributed by atoms with Crippen LogP contribution in [0.25, 0.3) is 57.5 Å². The van der Waals surface area contributed by atoms with Crippen molar-refractivity contribution in [2.45, 2.75) is 6.42 Å². The van der Waals surface area contributed by atoms with E-state index in [1.807, 2.05) is 48.6 Å². The van der Waals surface area contributed by atoms with Gasteiger partial charge in [0.15, 0.2) is 0 Å². The van der Waals surface area contributed by atoms with Gasteiger partial charge in [-0.3, -0.25) is 0 Å². The second kappa shape index (κ2) is 11.3. The molecule has 2 aliphatic heterocycles. The van der Waals surface area contributed by atoms with Gasteiger partial charge in [0.2, 0.25) is 0 Å². The Hall–Kier alpha value is -4.22. The zero-order valence-corrected chi connectivity index (χ0v) is 21.4. The maximum Gasteiger partial charge on any atom is 0.0658 e. The summed E-state index contributed by atoms with van der Waals surface area (Å²) in [6.45, 7) is 0. The van der Waals surface area contributed by atoms with Crippen molar-refractivity contribution < 1.29 is 17.1 Å². The van der Waals surface area contributed by atoms with Crippen molar-refractivity contribution in [1.29, 1.82) is 0 Å². The van der Waals surface area contributed by atoms with Crippen LogP contribution in [0.2, 0.25) is 0 Å². The first kappa shape index (κ1) is 26.4. The van der Waals surface area contributed by atoms with Gasteiger partial charge in [-0.15, -0.1) is 0 Å². The number of hydrogen-bond acceptors (Lipinski definition) is 2. The number of rotatable bonds is 0. The first-order chi connectivity index (χ1) is 18.2. The molecule has 8 rings (SSSR count). The number of nitrogens with zero attached hydrogens (tertiary/aromatic N) is 2. The van der Waals surface area contributed by atoms with E-state index >= 15 is 0 Å². The summed E-state index contributed by atoms with van der Waals surface area (Å²) in [6.07, 6.45) is 9.19. The van der Waals surface area contributed by atoms with E-state index < -0.39 is 0 Å². The quantitative estimate of drug-likeness (QED) is 0.205. The van der Waals surface area contributed by atoms with E-state index in [-0.39, 0.29) is 28.0 Å². The van der Waals surface area contributed by atoms with Crippen molar-refractivity contribution in [3.05, 3.63) is 131 Å². The SMILES string of the molecule is C1=Cc2cc3ccc(cc4nc(cc5ccc(cc1n2)[nH]5)C=C4)[nH]3.[Cu].[SiH4].c1ccc2c(c1)Cc1ccccc1-2. The monoisotopic (exact) mass is 571 g/mol. The summed E-state index contributed by atoms with van der Waals surface area (Å²) in [7, 11) is 0. The molecule has 0 saturated carbocycles. The molecule has 5 aromatic rings. The molecule has 3 aliphatic rings. The number of fused-ring (bicyclic) bond motifs is 11. The Bertz CT molecular complexity index is 1660. The standard InChI is InChI=1S/C20H14N4.C13H10.Cu.H4Si/c1-2-14-10-16-5-6-18(23-16)12-20-8-7-19(24-20)11-17-4-3-15(22-17)9-13(1)21-14;1-3-7-12-10(5-1)9-11-6-2-4-8-13(11)12;;/h1-12,21,24H;1-8H,9H2;;1H4. The third-order valence-electron chi connectivity index (χ3n) is 6.75. The van der Waals surface area contributed by atoms with Gasteiger partial charge in [-0.1, -0.05) is 48.5 Å². The second-order valence-corrected chi connectivity index (χ2v) is 9.40. The maximum atomic E-state index is 4.63. The van der Waals surface area contributed by atoms with Crippen LogP contribution in [0, 0.1) is 0 Å². The molecule has 1 aliphatic carbocycles. The van der Waals surface area contributed by atoms with Crippen molar-refractivity contribution in [2.24, 2.45) is 0 Å². The van der Waals surface area contributed by atoms with Crippen molar-refractivity contribution in [1.82, 2.24) is 19.9 Å². The minimum atomic E-state index is 0. The van der Waals surface area contributed by atoms with Crippen molar-refractivity contribution >= 4 is 57.3 Å². The summed E-state index contributed by atoms with van der Waals surface area (Å²) in [4.78, 5) is 16.0. The molecule has 8 bridgehead atoms. The molecule has 0 amide bonds. The second-order valence-electron chi connectivity index (χ2n) is 9.40. The summed E-state index contributed by atoms with van der Waals surface area (Å²) < 4.78 is 0. The normalized spacial score (nSPS) is 11.9. The average molecular weight is 572 g/mol. The molecular weight excluding hydrogens is 544 g/mol. The Morgan fingerprint density at radius 2 is 0.795 bits per heavy atom. The number of benzene rings is 2. The van der Waals surface area contributed by atoms with Gasteiger partial charge in [-0.2, -0.15) is 0 Å². The summed E-state index contributed by atoms with van der Waals surface area (Å²) >= 11 is 0. The average Bonchev–Trinajstić information content (AvgIpc) is 3.73. The molecule has 3 aromatic heterocycles. The molecule has 2 N–H and O–H groups in total. The van der Waals surface area contributed by atoms with Crippen molar-refractivity contribution in [3.63, 3.8) is 0 Å². The van der Waals surface area contributed by atoms with Crippen LogP contribution >= 0.6 is 0 Å². The maximum absolute atomic E-state index is 4.63. The van der Waals surface area contributed by atoms with Crippen LogP contribution in [0.4, 0.5) is 0 Å². The fourth-order valence-corrected chi connectivity index (χ4v) is 5.02. The zero-order valence-electron chi connectivity index (χ0n) is 20.5. The van der Waals surface area contributed by atoms with Gasteiger partial charge >= 0.3 is 0 Å². The van der Waals surface area contributed by atoms with Gasteiger partial charge in [-0.25, -0.2) is 9.97 Å². The van der Waals surface area contributed by atoms with Crippen LogP contribution in [0.1, 0.15) is 33.9 Å². The topological polar surface area (TPSA) is 57.4 Å². The van der Waals surface area contributed by atoms with Gasteiger partial charge in [0.1, 0.15) is 0 Å². The minimum Gasteiger partial charge on any atom is -0.355 e. The van der Waals surface area contributed by atoms with E-state index in [1.54, 1.807) is 0 Å². The van der Waals surface area contributed by atoms with E-state index in [1.165, 1.54) is 22.3 Å². The molecule has 5 heterocycles. The summed E-state index contributed by atoms with van der Waals surface area (Å²) in [5.74, 6) is 0. The van der Waals surface area contributed by atoms with Crippen LogP contribution in [0.5, 0.6) is 0 Å². The first-order valence-electron chi connectivity index (χ1n) is 12.5. The molecule has 0 saturated heterocycles. The smallest absolute Gasteiger partial charge is 0.0658 e. The molecule has 4 nitrogen and oxygen atoms in total. The van der Waals surface area contributed by atoms with Gasteiger partial charge in [0, 0.05) is 39.1 Å². The Balaban J connectivity index is 0.000000175. The zero-order chi connectivity index (χ0) is 24.6. The Labute approximate surface area is 242 Å². The van der Waals surface area contributed by atoms with E-state index in [0.29, 0.717) is 0 Å². The molecule has 39 heavy (non-hydrogen) atoms. The van der Waals surface area contributed by atoms with E-state index in [4.69, 9.17) is 0 Å². The Morgan fingerprint density at radius 1 is 0.462 bits per heavy atom. The molecule has 0 atom stereocenters. The van der Waals surface area contributed by atoms with Crippen LogP contribution in [0.3, 0.4) is 0 Å². The number of H-pyrrole nitrogens is 2. The van der Waals surface area contributed by atoms with Gasteiger partial charge in [0.05, 0.1) is 22.8 Å². The van der Waals surface area contributed by atoms with Crippen LogP contribution in [-0.2, 0) is 23.5 Å². The van der Waals surface area contributed by atoms with Crippen molar-refractivity contribution in [3.8, 4) is 11.1 Å². The van der Waals surface area contributed by atoms with Crippen LogP contribution in [0.15, 0.2) is 97.1 Å². The summed E-state index contributed by atoms with van der Waals surface area (Å²) in [5, 5.41) is 0. The number of aromatic nitrogens is 4. The van der Waals surface area contributed by atoms with Gasteiger partial charge < -0.3 is 9.97 Å². The van der Waals surface area contributed by atoms with E-state index in [9.17, 15) is 0 Å². The fourth-order valence-electron chi connectivity index (χ4n) is 5.02. The molecule has 0 unspecified atom stereocenters. The van der Waals surface area contributed by atoms with Gasteiger partial charge in [0.25, 0.3) is 0 Å². The Morgan fingerprint density at radius 3 is 1.15 bits per heavy atom. The third-order valence-corrected chi connectivity index (χ3v) is 6.75. The Kier molecular flexibility index (Phi) is 7.62.